The van der Waals surface area contributed by atoms with Gasteiger partial charge in [0.15, 0.2) is 5.76 Å². The van der Waals surface area contributed by atoms with E-state index in [9.17, 15) is 0 Å². The van der Waals surface area contributed by atoms with Gasteiger partial charge >= 0.3 is 0 Å². The summed E-state index contributed by atoms with van der Waals surface area (Å²) in [6, 6.07) is 11.8. The molecule has 22 heavy (non-hydrogen) atoms. The van der Waals surface area contributed by atoms with E-state index >= 15 is 0 Å². The molecule has 4 nitrogen and oxygen atoms in total. The summed E-state index contributed by atoms with van der Waals surface area (Å²) < 4.78 is 11.1. The lowest BCUT2D eigenvalue weighted by atomic mass is 10.2. The molecule has 0 spiro atoms. The van der Waals surface area contributed by atoms with Gasteiger partial charge in [0.1, 0.15) is 16.5 Å². The predicted octanol–water partition coefficient (Wildman–Crippen LogP) is 2.88. The van der Waals surface area contributed by atoms with E-state index in [2.05, 4.69) is 16.8 Å². The van der Waals surface area contributed by atoms with Gasteiger partial charge in [0.2, 0.25) is 0 Å². The molecule has 1 aromatic heterocycles. The minimum absolute atomic E-state index is 0.769. The van der Waals surface area contributed by atoms with Crippen LogP contribution in [0.5, 0.6) is 5.75 Å². The Morgan fingerprint density at radius 3 is 2.36 bits per heavy atom. The SMILES string of the molecule is COc1ccc(-c2ccc(C(=S)N3CCN(C)CC3)o2)cc1. The number of likely N-dealkylation sites (N-methyl/N-ethyl adjacent to an activating group) is 1. The number of rotatable bonds is 3. The summed E-state index contributed by atoms with van der Waals surface area (Å²) in [7, 11) is 3.80. The van der Waals surface area contributed by atoms with E-state index in [0.717, 1.165) is 54.0 Å². The first-order chi connectivity index (χ1) is 10.7. The van der Waals surface area contributed by atoms with Gasteiger partial charge in [0, 0.05) is 31.7 Å². The van der Waals surface area contributed by atoms with Gasteiger partial charge < -0.3 is 19.0 Å². The highest BCUT2D eigenvalue weighted by Gasteiger charge is 2.19. The van der Waals surface area contributed by atoms with E-state index in [0.29, 0.717) is 0 Å². The maximum absolute atomic E-state index is 5.95. The van der Waals surface area contributed by atoms with Crippen LogP contribution in [0.15, 0.2) is 40.8 Å². The Labute approximate surface area is 136 Å². The average Bonchev–Trinajstić information content (AvgIpc) is 3.05. The van der Waals surface area contributed by atoms with E-state index in [4.69, 9.17) is 21.4 Å². The summed E-state index contributed by atoms with van der Waals surface area (Å²) >= 11 is 5.58. The van der Waals surface area contributed by atoms with Crippen LogP contribution < -0.4 is 4.74 Å². The molecular formula is C17H20N2O2S. The van der Waals surface area contributed by atoms with E-state index in [1.165, 1.54) is 0 Å². The number of piperazine rings is 1. The standard InChI is InChI=1S/C17H20N2O2S/c1-18-9-11-19(12-10-18)17(22)16-8-7-15(21-16)13-3-5-14(20-2)6-4-13/h3-8H,9-12H2,1-2H3. The van der Waals surface area contributed by atoms with Gasteiger partial charge in [-0.25, -0.2) is 0 Å². The molecule has 1 aliphatic heterocycles. The Kier molecular flexibility index (Phi) is 4.45. The summed E-state index contributed by atoms with van der Waals surface area (Å²) in [4.78, 5) is 5.32. The van der Waals surface area contributed by atoms with Crippen molar-refractivity contribution in [3.63, 3.8) is 0 Å². The van der Waals surface area contributed by atoms with Crippen molar-refractivity contribution >= 4 is 17.2 Å². The molecule has 1 saturated heterocycles. The Bertz CT molecular complexity index is 643. The van der Waals surface area contributed by atoms with Gasteiger partial charge in [-0.05, 0) is 43.4 Å². The van der Waals surface area contributed by atoms with Crippen LogP contribution in [0.4, 0.5) is 0 Å². The first kappa shape index (κ1) is 15.1. The largest absolute Gasteiger partial charge is 0.497 e. The second-order valence-electron chi connectivity index (χ2n) is 5.49. The number of benzene rings is 1. The third kappa shape index (κ3) is 3.15. The fourth-order valence-corrected chi connectivity index (χ4v) is 2.82. The zero-order chi connectivity index (χ0) is 15.5. The topological polar surface area (TPSA) is 28.9 Å². The maximum Gasteiger partial charge on any atom is 0.162 e. The molecule has 0 N–H and O–H groups in total. The van der Waals surface area contributed by atoms with Crippen molar-refractivity contribution in [1.82, 2.24) is 9.80 Å². The van der Waals surface area contributed by atoms with Gasteiger partial charge in [-0.2, -0.15) is 0 Å². The molecule has 3 rings (SSSR count). The molecule has 1 fully saturated rings. The molecule has 1 aromatic carbocycles. The van der Waals surface area contributed by atoms with Crippen LogP contribution >= 0.6 is 12.2 Å². The molecule has 0 bridgehead atoms. The third-order valence-electron chi connectivity index (χ3n) is 3.98. The lowest BCUT2D eigenvalue weighted by molar-refractivity contribution is 0.216. The lowest BCUT2D eigenvalue weighted by Crippen LogP contribution is -2.46. The molecule has 0 radical (unpaired) electrons. The number of thiocarbonyl (C=S) groups is 1. The first-order valence-electron chi connectivity index (χ1n) is 7.39. The monoisotopic (exact) mass is 316 g/mol. The molecule has 0 saturated carbocycles. The van der Waals surface area contributed by atoms with Gasteiger partial charge in [-0.3, -0.25) is 0 Å². The van der Waals surface area contributed by atoms with Gasteiger partial charge in [-0.1, -0.05) is 12.2 Å². The molecule has 5 heteroatoms. The minimum Gasteiger partial charge on any atom is -0.497 e. The van der Waals surface area contributed by atoms with Crippen molar-refractivity contribution in [3.8, 4) is 17.1 Å². The normalized spacial score (nSPS) is 15.8. The lowest BCUT2D eigenvalue weighted by Gasteiger charge is -2.33. The smallest absolute Gasteiger partial charge is 0.162 e. The van der Waals surface area contributed by atoms with Crippen molar-refractivity contribution in [1.29, 1.82) is 0 Å². The Balaban J connectivity index is 1.73. The average molecular weight is 316 g/mol. The van der Waals surface area contributed by atoms with Crippen molar-refractivity contribution in [2.75, 3.05) is 40.3 Å². The fraction of sp³-hybridized carbons (Fsp3) is 0.353. The maximum atomic E-state index is 5.95. The van der Waals surface area contributed by atoms with Gasteiger partial charge in [0.25, 0.3) is 0 Å². The third-order valence-corrected chi connectivity index (χ3v) is 4.44. The summed E-state index contributed by atoms with van der Waals surface area (Å²) in [5.41, 5.74) is 1.02. The summed E-state index contributed by atoms with van der Waals surface area (Å²) in [6.07, 6.45) is 0. The molecule has 2 heterocycles. The van der Waals surface area contributed by atoms with Crippen molar-refractivity contribution in [2.45, 2.75) is 0 Å². The number of furan rings is 1. The summed E-state index contributed by atoms with van der Waals surface area (Å²) in [5, 5.41) is 0. The van der Waals surface area contributed by atoms with Crippen molar-refractivity contribution in [2.24, 2.45) is 0 Å². The van der Waals surface area contributed by atoms with Crippen molar-refractivity contribution < 1.29 is 9.15 Å². The van der Waals surface area contributed by atoms with Crippen LogP contribution in [0.2, 0.25) is 0 Å². The first-order valence-corrected chi connectivity index (χ1v) is 7.80. The number of nitrogens with zero attached hydrogens (tertiary/aromatic N) is 2. The zero-order valence-corrected chi connectivity index (χ0v) is 13.7. The minimum atomic E-state index is 0.769. The van der Waals surface area contributed by atoms with E-state index in [1.54, 1.807) is 7.11 Å². The highest BCUT2D eigenvalue weighted by Crippen LogP contribution is 2.25. The number of methoxy groups -OCH3 is 1. The van der Waals surface area contributed by atoms with E-state index in [1.807, 2.05) is 36.4 Å². The quantitative estimate of drug-likeness (QED) is 0.812. The molecular weight excluding hydrogens is 296 g/mol. The van der Waals surface area contributed by atoms with Gasteiger partial charge in [0.05, 0.1) is 7.11 Å². The van der Waals surface area contributed by atoms with Crippen molar-refractivity contribution in [3.05, 3.63) is 42.2 Å². The Hall–Kier alpha value is -1.85. The summed E-state index contributed by atoms with van der Waals surface area (Å²) in [5.74, 6) is 2.43. The molecule has 0 aliphatic carbocycles. The molecule has 1 aliphatic rings. The van der Waals surface area contributed by atoms with Crippen LogP contribution in [-0.4, -0.2) is 55.1 Å². The Morgan fingerprint density at radius 2 is 1.73 bits per heavy atom. The molecule has 2 aromatic rings. The van der Waals surface area contributed by atoms with Crippen LogP contribution in [0.25, 0.3) is 11.3 Å². The summed E-state index contributed by atoms with van der Waals surface area (Å²) in [6.45, 7) is 3.97. The number of hydrogen-bond donors (Lipinski definition) is 0. The second-order valence-corrected chi connectivity index (χ2v) is 5.87. The van der Waals surface area contributed by atoms with Crippen LogP contribution in [0.1, 0.15) is 5.76 Å². The molecule has 0 unspecified atom stereocenters. The second kappa shape index (κ2) is 6.50. The molecule has 0 atom stereocenters. The molecule has 116 valence electrons. The zero-order valence-electron chi connectivity index (χ0n) is 12.9. The molecule has 0 amide bonds. The van der Waals surface area contributed by atoms with E-state index in [-0.39, 0.29) is 0 Å². The predicted molar refractivity (Wildman–Crippen MR) is 91.5 cm³/mol. The number of ether oxygens (including phenoxy) is 1. The van der Waals surface area contributed by atoms with Crippen LogP contribution in [0, 0.1) is 0 Å². The number of hydrogen-bond acceptors (Lipinski definition) is 4. The highest BCUT2D eigenvalue weighted by molar-refractivity contribution is 7.80. The van der Waals surface area contributed by atoms with Gasteiger partial charge in [-0.15, -0.1) is 0 Å². The van der Waals surface area contributed by atoms with E-state index < -0.39 is 0 Å². The Morgan fingerprint density at radius 1 is 1.05 bits per heavy atom. The fourth-order valence-electron chi connectivity index (χ4n) is 2.53. The van der Waals surface area contributed by atoms with Crippen LogP contribution in [-0.2, 0) is 0 Å². The highest BCUT2D eigenvalue weighted by atomic mass is 32.1. The van der Waals surface area contributed by atoms with Crippen LogP contribution in [0.3, 0.4) is 0 Å².